The number of oxazole rings is 1. The van der Waals surface area contributed by atoms with Crippen LogP contribution in [0.2, 0.25) is 10.0 Å². The monoisotopic (exact) mass is 434 g/mol. The number of para-hydroxylation sites is 2. The summed E-state index contributed by atoms with van der Waals surface area (Å²) in [5, 5.41) is 7.05. The summed E-state index contributed by atoms with van der Waals surface area (Å²) in [6.45, 7) is 3.97. The molecule has 0 radical (unpaired) electrons. The van der Waals surface area contributed by atoms with Crippen LogP contribution in [0.15, 0.2) is 46.9 Å². The van der Waals surface area contributed by atoms with Gasteiger partial charge in [0.1, 0.15) is 11.6 Å². The van der Waals surface area contributed by atoms with Crippen molar-refractivity contribution >= 4 is 46.2 Å². The van der Waals surface area contributed by atoms with E-state index in [-0.39, 0.29) is 5.91 Å². The Morgan fingerprint density at radius 1 is 1.21 bits per heavy atom. The van der Waals surface area contributed by atoms with Crippen molar-refractivity contribution in [3.8, 4) is 0 Å². The molecule has 0 bridgehead atoms. The summed E-state index contributed by atoms with van der Waals surface area (Å²) in [5.41, 5.74) is 2.54. The van der Waals surface area contributed by atoms with Crippen molar-refractivity contribution < 1.29 is 9.21 Å². The third kappa shape index (κ3) is 6.10. The highest BCUT2D eigenvalue weighted by molar-refractivity contribution is 6.42. The molecule has 1 amide bonds. The van der Waals surface area contributed by atoms with E-state index in [2.05, 4.69) is 20.5 Å². The van der Waals surface area contributed by atoms with E-state index in [1.165, 1.54) is 0 Å². The van der Waals surface area contributed by atoms with E-state index < -0.39 is 6.04 Å². The van der Waals surface area contributed by atoms with Crippen LogP contribution < -0.4 is 10.6 Å². The fourth-order valence-corrected chi connectivity index (χ4v) is 3.25. The Hall–Kier alpha value is -2.28. The molecule has 0 spiro atoms. The zero-order valence-electron chi connectivity index (χ0n) is 16.4. The summed E-state index contributed by atoms with van der Waals surface area (Å²) < 4.78 is 5.59. The van der Waals surface area contributed by atoms with Crippen LogP contribution in [-0.2, 0) is 11.3 Å². The van der Waals surface area contributed by atoms with Crippen LogP contribution in [0.25, 0.3) is 11.1 Å². The first-order valence-corrected chi connectivity index (χ1v) is 10.2. The Morgan fingerprint density at radius 3 is 2.76 bits per heavy atom. The Morgan fingerprint density at radius 2 is 2.00 bits per heavy atom. The van der Waals surface area contributed by atoms with Gasteiger partial charge in [-0.25, -0.2) is 0 Å². The van der Waals surface area contributed by atoms with Gasteiger partial charge >= 0.3 is 0 Å². The zero-order chi connectivity index (χ0) is 20.8. The molecular weight excluding hydrogens is 411 g/mol. The Balaban J connectivity index is 1.37. The van der Waals surface area contributed by atoms with Crippen molar-refractivity contribution in [3.63, 3.8) is 0 Å². The zero-order valence-corrected chi connectivity index (χ0v) is 17.9. The highest BCUT2D eigenvalue weighted by Crippen LogP contribution is 2.23. The predicted molar refractivity (Wildman–Crippen MR) is 118 cm³/mol. The van der Waals surface area contributed by atoms with Gasteiger partial charge in [-0.2, -0.15) is 4.98 Å². The minimum Gasteiger partial charge on any atom is -0.424 e. The molecule has 29 heavy (non-hydrogen) atoms. The summed E-state index contributed by atoms with van der Waals surface area (Å²) in [7, 11) is 2.03. The van der Waals surface area contributed by atoms with Crippen molar-refractivity contribution in [1.29, 1.82) is 0 Å². The van der Waals surface area contributed by atoms with Gasteiger partial charge in [-0.1, -0.05) is 41.4 Å². The minimum atomic E-state index is -0.447. The fourth-order valence-electron chi connectivity index (χ4n) is 2.93. The SMILES string of the molecule is C[C@H](Nc1nc2ccccc2o1)C(=O)NCCCN(C)Cc1ccc(Cl)c(Cl)c1. The molecule has 0 fully saturated rings. The van der Waals surface area contributed by atoms with E-state index in [9.17, 15) is 4.79 Å². The second-order valence-electron chi connectivity index (χ2n) is 6.98. The van der Waals surface area contributed by atoms with Crippen molar-refractivity contribution in [2.45, 2.75) is 25.9 Å². The third-order valence-electron chi connectivity index (χ3n) is 4.48. The smallest absolute Gasteiger partial charge is 0.296 e. The molecule has 154 valence electrons. The van der Waals surface area contributed by atoms with Gasteiger partial charge < -0.3 is 20.0 Å². The molecule has 0 aliphatic heterocycles. The van der Waals surface area contributed by atoms with Crippen molar-refractivity contribution in [3.05, 3.63) is 58.1 Å². The molecule has 1 atom stereocenters. The number of halogens is 2. The first-order valence-electron chi connectivity index (χ1n) is 9.44. The molecule has 8 heteroatoms. The number of anilines is 1. The first kappa shape index (κ1) is 21.4. The summed E-state index contributed by atoms with van der Waals surface area (Å²) in [5.74, 6) is -0.0978. The highest BCUT2D eigenvalue weighted by atomic mass is 35.5. The molecule has 0 unspecified atom stereocenters. The van der Waals surface area contributed by atoms with E-state index >= 15 is 0 Å². The minimum absolute atomic E-state index is 0.0978. The number of nitrogens with zero attached hydrogens (tertiary/aromatic N) is 2. The van der Waals surface area contributed by atoms with Crippen molar-refractivity contribution in [1.82, 2.24) is 15.2 Å². The molecule has 1 aromatic heterocycles. The number of nitrogens with one attached hydrogen (secondary N) is 2. The average Bonchev–Trinajstić information content (AvgIpc) is 3.10. The van der Waals surface area contributed by atoms with E-state index in [1.54, 1.807) is 13.0 Å². The van der Waals surface area contributed by atoms with E-state index in [0.29, 0.717) is 28.2 Å². The number of fused-ring (bicyclic) bond motifs is 1. The number of rotatable bonds is 9. The normalized spacial score (nSPS) is 12.3. The maximum atomic E-state index is 12.3. The number of amides is 1. The van der Waals surface area contributed by atoms with Crippen LogP contribution in [0.1, 0.15) is 18.9 Å². The lowest BCUT2D eigenvalue weighted by Gasteiger charge is -2.18. The molecule has 3 rings (SSSR count). The second-order valence-corrected chi connectivity index (χ2v) is 7.80. The molecule has 0 aliphatic carbocycles. The molecule has 1 heterocycles. The Bertz CT molecular complexity index is 943. The maximum absolute atomic E-state index is 12.3. The van der Waals surface area contributed by atoms with Crippen LogP contribution in [0.5, 0.6) is 0 Å². The van der Waals surface area contributed by atoms with Gasteiger partial charge in [0.15, 0.2) is 5.58 Å². The van der Waals surface area contributed by atoms with Gasteiger partial charge in [-0.3, -0.25) is 4.79 Å². The van der Waals surface area contributed by atoms with Gasteiger partial charge in [-0.05, 0) is 56.8 Å². The maximum Gasteiger partial charge on any atom is 0.296 e. The van der Waals surface area contributed by atoms with Gasteiger partial charge in [0.25, 0.3) is 6.01 Å². The van der Waals surface area contributed by atoms with Crippen LogP contribution in [0.4, 0.5) is 6.01 Å². The predicted octanol–water partition coefficient (Wildman–Crippen LogP) is 4.57. The number of benzene rings is 2. The molecular formula is C21H24Cl2N4O2. The van der Waals surface area contributed by atoms with Gasteiger partial charge in [-0.15, -0.1) is 0 Å². The van der Waals surface area contributed by atoms with Crippen LogP contribution in [0.3, 0.4) is 0 Å². The molecule has 2 aromatic carbocycles. The molecule has 0 saturated heterocycles. The highest BCUT2D eigenvalue weighted by Gasteiger charge is 2.15. The molecule has 6 nitrogen and oxygen atoms in total. The summed E-state index contributed by atoms with van der Waals surface area (Å²) in [4.78, 5) is 18.8. The van der Waals surface area contributed by atoms with E-state index in [0.717, 1.165) is 30.6 Å². The number of hydrogen-bond acceptors (Lipinski definition) is 5. The largest absolute Gasteiger partial charge is 0.424 e. The summed E-state index contributed by atoms with van der Waals surface area (Å²) >= 11 is 12.0. The van der Waals surface area contributed by atoms with Crippen LogP contribution in [0, 0.1) is 0 Å². The van der Waals surface area contributed by atoms with E-state index in [4.69, 9.17) is 27.6 Å². The van der Waals surface area contributed by atoms with Gasteiger partial charge in [0, 0.05) is 13.1 Å². The Labute approximate surface area is 180 Å². The quantitative estimate of drug-likeness (QED) is 0.482. The third-order valence-corrected chi connectivity index (χ3v) is 5.22. The lowest BCUT2D eigenvalue weighted by molar-refractivity contribution is -0.121. The fraction of sp³-hybridized carbons (Fsp3) is 0.333. The number of hydrogen-bond donors (Lipinski definition) is 2. The lowest BCUT2D eigenvalue weighted by atomic mass is 10.2. The summed E-state index contributed by atoms with van der Waals surface area (Å²) in [6, 6.07) is 13.0. The van der Waals surface area contributed by atoms with Crippen molar-refractivity contribution in [2.75, 3.05) is 25.5 Å². The van der Waals surface area contributed by atoms with Crippen LogP contribution in [-0.4, -0.2) is 42.0 Å². The first-order chi connectivity index (χ1) is 13.9. The molecule has 0 aliphatic rings. The number of carbonyl (C=O) groups is 1. The standard InChI is InChI=1S/C21H24Cl2N4O2/c1-14(25-21-26-18-6-3-4-7-19(18)29-21)20(28)24-10-5-11-27(2)13-15-8-9-16(22)17(23)12-15/h3-4,6-9,12,14H,5,10-11,13H2,1-2H3,(H,24,28)(H,25,26)/t14-/m0/s1. The van der Waals surface area contributed by atoms with Crippen molar-refractivity contribution in [2.24, 2.45) is 0 Å². The molecule has 3 aromatic rings. The summed E-state index contributed by atoms with van der Waals surface area (Å²) in [6.07, 6.45) is 0.833. The van der Waals surface area contributed by atoms with Crippen LogP contribution >= 0.6 is 23.2 Å². The molecule has 0 saturated carbocycles. The average molecular weight is 435 g/mol. The number of aromatic nitrogens is 1. The topological polar surface area (TPSA) is 70.4 Å². The number of carbonyl (C=O) groups excluding carboxylic acids is 1. The second kappa shape index (κ2) is 9.96. The van der Waals surface area contributed by atoms with E-state index in [1.807, 2.05) is 43.4 Å². The van der Waals surface area contributed by atoms with Gasteiger partial charge in [0.2, 0.25) is 5.91 Å². The van der Waals surface area contributed by atoms with Gasteiger partial charge in [0.05, 0.1) is 10.0 Å². The molecule has 2 N–H and O–H groups in total. The Kier molecular flexibility index (Phi) is 7.36. The lowest BCUT2D eigenvalue weighted by Crippen LogP contribution is -2.38.